The molecule has 7 aromatic rings. The summed E-state index contributed by atoms with van der Waals surface area (Å²) in [6.07, 6.45) is 5.29. The SMILES string of the molecule is CCc1ccccc1-c1ccc(C[C@@H](C)NC(=O)OCC2c3ccccc3-c3ccccc32)cn1.C[C@H](Cc1ccc(Br)nc1)NC(=O)OCC1c2ccccc2-c2ccccc21. The van der Waals surface area contributed by atoms with Crippen molar-refractivity contribution in [2.45, 2.75) is 64.0 Å². The number of alkyl carbamates (subject to hydrolysis) is 2. The van der Waals surface area contributed by atoms with E-state index >= 15 is 0 Å². The number of aromatic nitrogens is 2. The van der Waals surface area contributed by atoms with Crippen LogP contribution in [0.1, 0.15) is 71.6 Å². The first-order valence-corrected chi connectivity index (χ1v) is 22.4. The molecule has 0 fully saturated rings. The van der Waals surface area contributed by atoms with Gasteiger partial charge in [0.15, 0.2) is 0 Å². The van der Waals surface area contributed by atoms with Crippen molar-refractivity contribution in [3.63, 3.8) is 0 Å². The number of carbonyl (C=O) groups excluding carboxylic acids is 2. The number of pyridine rings is 2. The van der Waals surface area contributed by atoms with Crippen molar-refractivity contribution in [1.82, 2.24) is 20.6 Å². The fourth-order valence-electron chi connectivity index (χ4n) is 8.80. The minimum absolute atomic E-state index is 0.0429. The number of carbonyl (C=O) groups is 2. The highest BCUT2D eigenvalue weighted by Gasteiger charge is 2.30. The molecular formula is C54H51BrN4O4. The molecule has 8 nitrogen and oxygen atoms in total. The molecule has 2 aromatic heterocycles. The van der Waals surface area contributed by atoms with Crippen LogP contribution in [0.5, 0.6) is 0 Å². The Morgan fingerprint density at radius 2 is 0.937 bits per heavy atom. The second kappa shape index (κ2) is 20.1. The van der Waals surface area contributed by atoms with Gasteiger partial charge in [-0.3, -0.25) is 4.98 Å². The fourth-order valence-corrected chi connectivity index (χ4v) is 9.04. The Kier molecular flexibility index (Phi) is 13.7. The van der Waals surface area contributed by atoms with Crippen molar-refractivity contribution in [1.29, 1.82) is 0 Å². The third kappa shape index (κ3) is 10.2. The molecule has 0 bridgehead atoms. The number of aryl methyl sites for hydroxylation is 1. The van der Waals surface area contributed by atoms with E-state index in [1.54, 1.807) is 6.20 Å². The fraction of sp³-hybridized carbons (Fsp3) is 0.222. The van der Waals surface area contributed by atoms with Gasteiger partial charge in [-0.1, -0.05) is 140 Å². The topological polar surface area (TPSA) is 102 Å². The molecule has 318 valence electrons. The average molecular weight is 900 g/mol. The number of rotatable bonds is 12. The van der Waals surface area contributed by atoms with E-state index in [0.29, 0.717) is 26.1 Å². The first-order valence-electron chi connectivity index (χ1n) is 21.6. The Morgan fingerprint density at radius 3 is 1.33 bits per heavy atom. The molecule has 0 saturated heterocycles. The molecule has 9 rings (SSSR count). The Morgan fingerprint density at radius 1 is 0.540 bits per heavy atom. The lowest BCUT2D eigenvalue weighted by Gasteiger charge is -2.17. The summed E-state index contributed by atoms with van der Waals surface area (Å²) in [7, 11) is 0. The maximum atomic E-state index is 12.6. The maximum Gasteiger partial charge on any atom is 0.407 e. The Labute approximate surface area is 378 Å². The standard InChI is InChI=1S/C31H30N2O2.C23H21BrN2O2/c1-3-23-10-4-5-11-24(23)30-17-16-22(19-32-30)18-21(2)33-31(34)35-20-29-27-14-8-6-12-25(27)26-13-7-9-15-28(26)29;1-15(12-16-10-11-22(24)25-13-16)26-23(27)28-14-21-19-8-4-2-6-17(19)18-7-3-5-9-20(18)21/h4-17,19,21,29H,3,18,20H2,1-2H3,(H,33,34);2-11,13,15,21H,12,14H2,1H3,(H,26,27)/t21-;15-/m11/s1. The van der Waals surface area contributed by atoms with Gasteiger partial charge in [0.25, 0.3) is 0 Å². The van der Waals surface area contributed by atoms with Crippen LogP contribution >= 0.6 is 15.9 Å². The van der Waals surface area contributed by atoms with Gasteiger partial charge in [0.1, 0.15) is 17.8 Å². The normalized spacial score (nSPS) is 13.3. The Bertz CT molecular complexity index is 2590. The van der Waals surface area contributed by atoms with E-state index < -0.39 is 0 Å². The predicted molar refractivity (Wildman–Crippen MR) is 254 cm³/mol. The smallest absolute Gasteiger partial charge is 0.407 e. The second-order valence-electron chi connectivity index (χ2n) is 16.2. The molecule has 2 aliphatic carbocycles. The molecule has 2 N–H and O–H groups in total. The summed E-state index contributed by atoms with van der Waals surface area (Å²) in [5.41, 5.74) is 15.3. The number of ether oxygens (including phenoxy) is 2. The molecule has 63 heavy (non-hydrogen) atoms. The molecule has 0 saturated carbocycles. The van der Waals surface area contributed by atoms with E-state index in [2.05, 4.69) is 134 Å². The number of amides is 2. The number of benzene rings is 5. The first kappa shape index (κ1) is 43.1. The quantitative estimate of drug-likeness (QED) is 0.118. The van der Waals surface area contributed by atoms with Gasteiger partial charge in [-0.15, -0.1) is 0 Å². The lowest BCUT2D eigenvalue weighted by atomic mass is 9.98. The number of nitrogens with zero attached hydrogens (tertiary/aromatic N) is 2. The summed E-state index contributed by atoms with van der Waals surface area (Å²) in [5.74, 6) is 0.135. The van der Waals surface area contributed by atoms with Crippen molar-refractivity contribution >= 4 is 28.1 Å². The van der Waals surface area contributed by atoms with Crippen molar-refractivity contribution in [2.24, 2.45) is 0 Å². The molecule has 0 radical (unpaired) electrons. The van der Waals surface area contributed by atoms with Crippen LogP contribution in [0.2, 0.25) is 0 Å². The lowest BCUT2D eigenvalue weighted by Crippen LogP contribution is -2.35. The minimum Gasteiger partial charge on any atom is -0.449 e. The highest BCUT2D eigenvalue weighted by Crippen LogP contribution is 2.45. The minimum atomic E-state index is -0.389. The van der Waals surface area contributed by atoms with Crippen LogP contribution in [-0.4, -0.2) is 47.5 Å². The van der Waals surface area contributed by atoms with Crippen LogP contribution in [0.15, 0.2) is 163 Å². The van der Waals surface area contributed by atoms with Crippen LogP contribution in [0.3, 0.4) is 0 Å². The van der Waals surface area contributed by atoms with E-state index in [0.717, 1.165) is 27.8 Å². The third-order valence-corrected chi connectivity index (χ3v) is 12.3. The van der Waals surface area contributed by atoms with Crippen LogP contribution in [0.4, 0.5) is 9.59 Å². The molecule has 2 aliphatic rings. The van der Waals surface area contributed by atoms with Gasteiger partial charge in [-0.25, -0.2) is 14.6 Å². The second-order valence-corrected chi connectivity index (χ2v) is 17.0. The highest BCUT2D eigenvalue weighted by atomic mass is 79.9. The first-order chi connectivity index (χ1) is 30.7. The molecular weight excluding hydrogens is 849 g/mol. The van der Waals surface area contributed by atoms with Crippen molar-refractivity contribution < 1.29 is 19.1 Å². The summed E-state index contributed by atoms with van der Waals surface area (Å²) in [6, 6.07) is 49.6. The van der Waals surface area contributed by atoms with Crippen molar-refractivity contribution in [3.05, 3.63) is 202 Å². The summed E-state index contributed by atoms with van der Waals surface area (Å²) < 4.78 is 12.1. The zero-order valence-electron chi connectivity index (χ0n) is 35.8. The van der Waals surface area contributed by atoms with E-state index in [4.69, 9.17) is 9.47 Å². The van der Waals surface area contributed by atoms with Crippen molar-refractivity contribution in [2.75, 3.05) is 13.2 Å². The maximum absolute atomic E-state index is 12.6. The number of hydrogen-bond acceptors (Lipinski definition) is 6. The van der Waals surface area contributed by atoms with Gasteiger partial charge in [0.05, 0.1) is 5.69 Å². The number of fused-ring (bicyclic) bond motifs is 6. The summed E-state index contributed by atoms with van der Waals surface area (Å²) >= 11 is 3.33. The number of halogens is 1. The molecule has 2 heterocycles. The van der Waals surface area contributed by atoms with Gasteiger partial charge in [-0.05, 0) is 122 Å². The zero-order valence-corrected chi connectivity index (χ0v) is 37.3. The van der Waals surface area contributed by atoms with Crippen LogP contribution in [0, 0.1) is 0 Å². The van der Waals surface area contributed by atoms with Crippen LogP contribution < -0.4 is 10.6 Å². The highest BCUT2D eigenvalue weighted by molar-refractivity contribution is 9.10. The number of hydrogen-bond donors (Lipinski definition) is 2. The molecule has 0 spiro atoms. The van der Waals surface area contributed by atoms with Gasteiger partial charge < -0.3 is 20.1 Å². The van der Waals surface area contributed by atoms with E-state index in [-0.39, 0.29) is 36.1 Å². The molecule has 2 amide bonds. The van der Waals surface area contributed by atoms with Crippen LogP contribution in [0.25, 0.3) is 33.5 Å². The molecule has 0 unspecified atom stereocenters. The zero-order chi connectivity index (χ0) is 43.7. The van der Waals surface area contributed by atoms with E-state index in [1.807, 2.05) is 74.6 Å². The monoisotopic (exact) mass is 898 g/mol. The molecule has 9 heteroatoms. The lowest BCUT2D eigenvalue weighted by molar-refractivity contribution is 0.139. The number of nitrogens with one attached hydrogen (secondary N) is 2. The van der Waals surface area contributed by atoms with E-state index in [1.165, 1.54) is 55.6 Å². The average Bonchev–Trinajstić information content (AvgIpc) is 3.81. The Balaban J connectivity index is 0.000000177. The largest absolute Gasteiger partial charge is 0.449 e. The molecule has 2 atom stereocenters. The van der Waals surface area contributed by atoms with Crippen LogP contribution in [-0.2, 0) is 28.7 Å². The summed E-state index contributed by atoms with van der Waals surface area (Å²) in [5, 5.41) is 5.89. The third-order valence-electron chi connectivity index (χ3n) is 11.8. The summed E-state index contributed by atoms with van der Waals surface area (Å²) in [6.45, 7) is 6.75. The van der Waals surface area contributed by atoms with Gasteiger partial charge in [0, 0.05) is 41.9 Å². The van der Waals surface area contributed by atoms with Gasteiger partial charge in [0.2, 0.25) is 0 Å². The van der Waals surface area contributed by atoms with Gasteiger partial charge >= 0.3 is 12.2 Å². The predicted octanol–water partition coefficient (Wildman–Crippen LogP) is 12.1. The molecule has 0 aliphatic heterocycles. The molecule has 5 aromatic carbocycles. The van der Waals surface area contributed by atoms with E-state index in [9.17, 15) is 9.59 Å². The summed E-state index contributed by atoms with van der Waals surface area (Å²) in [4.78, 5) is 33.8. The van der Waals surface area contributed by atoms with Gasteiger partial charge in [-0.2, -0.15) is 0 Å². The Hall–Kier alpha value is -6.58. The van der Waals surface area contributed by atoms with Crippen molar-refractivity contribution in [3.8, 4) is 33.5 Å².